The van der Waals surface area contributed by atoms with Gasteiger partial charge in [-0.1, -0.05) is 18.7 Å². The average molecular weight is 360 g/mol. The smallest absolute Gasteiger partial charge is 0.262 e. The Labute approximate surface area is 118 Å². The van der Waals surface area contributed by atoms with Crippen molar-refractivity contribution in [2.24, 2.45) is 0 Å². The van der Waals surface area contributed by atoms with E-state index in [0.717, 1.165) is 27.2 Å². The van der Waals surface area contributed by atoms with Crippen LogP contribution in [0, 0.1) is 3.57 Å². The van der Waals surface area contributed by atoms with E-state index in [4.69, 9.17) is 0 Å². The van der Waals surface area contributed by atoms with Crippen LogP contribution in [-0.2, 0) is 6.54 Å². The van der Waals surface area contributed by atoms with Gasteiger partial charge in [-0.05, 0) is 53.5 Å². The SMILES string of the molecule is CCCn1c(SC)nc2ccc(I)cc2c1=O. The fraction of sp³-hybridized carbons (Fsp3) is 0.333. The second kappa shape index (κ2) is 5.39. The van der Waals surface area contributed by atoms with Crippen molar-refractivity contribution in [1.82, 2.24) is 9.55 Å². The zero-order chi connectivity index (χ0) is 12.4. The molecule has 17 heavy (non-hydrogen) atoms. The minimum absolute atomic E-state index is 0.0692. The summed E-state index contributed by atoms with van der Waals surface area (Å²) in [7, 11) is 0. The van der Waals surface area contributed by atoms with Crippen molar-refractivity contribution >= 4 is 45.3 Å². The maximum Gasteiger partial charge on any atom is 0.262 e. The van der Waals surface area contributed by atoms with Crippen LogP contribution >= 0.6 is 34.4 Å². The van der Waals surface area contributed by atoms with Gasteiger partial charge in [0.05, 0.1) is 10.9 Å². The highest BCUT2D eigenvalue weighted by Crippen LogP contribution is 2.17. The quantitative estimate of drug-likeness (QED) is 0.479. The molecule has 0 amide bonds. The lowest BCUT2D eigenvalue weighted by Gasteiger charge is -2.10. The first-order chi connectivity index (χ1) is 8.17. The molecule has 1 aromatic carbocycles. The molecular formula is C12H13IN2OS. The molecule has 5 heteroatoms. The molecule has 1 aromatic heterocycles. The van der Waals surface area contributed by atoms with Crippen molar-refractivity contribution < 1.29 is 0 Å². The van der Waals surface area contributed by atoms with Crippen LogP contribution in [0.2, 0.25) is 0 Å². The zero-order valence-corrected chi connectivity index (χ0v) is 12.7. The summed E-state index contributed by atoms with van der Waals surface area (Å²) in [6, 6.07) is 5.79. The first-order valence-corrected chi connectivity index (χ1v) is 7.71. The van der Waals surface area contributed by atoms with Gasteiger partial charge in [-0.25, -0.2) is 4.98 Å². The molecule has 0 N–H and O–H groups in total. The molecule has 0 aliphatic heterocycles. The van der Waals surface area contributed by atoms with Gasteiger partial charge in [0.2, 0.25) is 0 Å². The van der Waals surface area contributed by atoms with E-state index in [9.17, 15) is 4.79 Å². The summed E-state index contributed by atoms with van der Waals surface area (Å²) < 4.78 is 2.83. The van der Waals surface area contributed by atoms with Crippen LogP contribution < -0.4 is 5.56 Å². The molecule has 90 valence electrons. The van der Waals surface area contributed by atoms with Crippen molar-refractivity contribution in [3.63, 3.8) is 0 Å². The van der Waals surface area contributed by atoms with Crippen molar-refractivity contribution in [3.8, 4) is 0 Å². The molecule has 1 heterocycles. The number of fused-ring (bicyclic) bond motifs is 1. The minimum atomic E-state index is 0.0692. The van der Waals surface area contributed by atoms with E-state index in [2.05, 4.69) is 34.5 Å². The van der Waals surface area contributed by atoms with Gasteiger partial charge in [0, 0.05) is 10.1 Å². The Hall–Kier alpha value is -0.560. The van der Waals surface area contributed by atoms with E-state index in [1.54, 1.807) is 4.57 Å². The largest absolute Gasteiger partial charge is 0.287 e. The minimum Gasteiger partial charge on any atom is -0.287 e. The standard InChI is InChI=1S/C12H13IN2OS/c1-3-6-15-11(16)9-7-8(13)4-5-10(9)14-12(15)17-2/h4-5,7H,3,6H2,1-2H3. The van der Waals surface area contributed by atoms with Crippen molar-refractivity contribution in [3.05, 3.63) is 32.1 Å². The molecule has 2 aromatic rings. The third kappa shape index (κ3) is 2.49. The molecule has 0 unspecified atom stereocenters. The van der Waals surface area contributed by atoms with E-state index in [1.807, 2.05) is 24.5 Å². The van der Waals surface area contributed by atoms with E-state index < -0.39 is 0 Å². The van der Waals surface area contributed by atoms with Crippen LogP contribution in [0.15, 0.2) is 28.2 Å². The number of aromatic nitrogens is 2. The Bertz CT molecular complexity index is 609. The lowest BCUT2D eigenvalue weighted by molar-refractivity contribution is 0.585. The van der Waals surface area contributed by atoms with Crippen molar-refractivity contribution in [1.29, 1.82) is 0 Å². The number of nitrogens with zero attached hydrogens (tertiary/aromatic N) is 2. The molecule has 0 radical (unpaired) electrons. The van der Waals surface area contributed by atoms with Crippen LogP contribution in [0.4, 0.5) is 0 Å². The summed E-state index contributed by atoms with van der Waals surface area (Å²) in [4.78, 5) is 16.9. The predicted molar refractivity (Wildman–Crippen MR) is 80.8 cm³/mol. The number of hydrogen-bond acceptors (Lipinski definition) is 3. The Balaban J connectivity index is 2.79. The number of benzene rings is 1. The molecule has 0 spiro atoms. The van der Waals surface area contributed by atoms with E-state index in [1.165, 1.54) is 11.8 Å². The summed E-state index contributed by atoms with van der Waals surface area (Å²) in [5.74, 6) is 0. The summed E-state index contributed by atoms with van der Waals surface area (Å²) >= 11 is 3.73. The number of thioether (sulfide) groups is 1. The lowest BCUT2D eigenvalue weighted by atomic mass is 10.2. The molecule has 0 bridgehead atoms. The highest BCUT2D eigenvalue weighted by Gasteiger charge is 2.09. The molecule has 2 rings (SSSR count). The number of hydrogen-bond donors (Lipinski definition) is 0. The Morgan fingerprint density at radius 2 is 2.24 bits per heavy atom. The Kier molecular flexibility index (Phi) is 4.09. The van der Waals surface area contributed by atoms with Gasteiger partial charge in [0.15, 0.2) is 5.16 Å². The van der Waals surface area contributed by atoms with E-state index >= 15 is 0 Å². The molecule has 0 saturated carbocycles. The number of rotatable bonds is 3. The summed E-state index contributed by atoms with van der Waals surface area (Å²) in [6.07, 6.45) is 2.89. The van der Waals surface area contributed by atoms with Gasteiger partial charge in [-0.2, -0.15) is 0 Å². The molecular weight excluding hydrogens is 347 g/mol. The van der Waals surface area contributed by atoms with Gasteiger partial charge in [-0.3, -0.25) is 9.36 Å². The first kappa shape index (κ1) is 12.9. The highest BCUT2D eigenvalue weighted by molar-refractivity contribution is 14.1. The summed E-state index contributed by atoms with van der Waals surface area (Å²) in [6.45, 7) is 2.79. The van der Waals surface area contributed by atoms with Crippen LogP contribution in [0.25, 0.3) is 10.9 Å². The van der Waals surface area contributed by atoms with Crippen molar-refractivity contribution in [2.45, 2.75) is 25.0 Å². The Morgan fingerprint density at radius 3 is 2.88 bits per heavy atom. The second-order valence-corrected chi connectivity index (χ2v) is 5.74. The van der Waals surface area contributed by atoms with Crippen LogP contribution in [0.1, 0.15) is 13.3 Å². The van der Waals surface area contributed by atoms with Gasteiger partial charge < -0.3 is 0 Å². The van der Waals surface area contributed by atoms with E-state index in [-0.39, 0.29) is 5.56 Å². The molecule has 0 fully saturated rings. The second-order valence-electron chi connectivity index (χ2n) is 3.72. The lowest BCUT2D eigenvalue weighted by Crippen LogP contribution is -2.23. The predicted octanol–water partition coefficient (Wildman–Crippen LogP) is 3.13. The van der Waals surface area contributed by atoms with Gasteiger partial charge in [-0.15, -0.1) is 0 Å². The maximum absolute atomic E-state index is 12.4. The summed E-state index contributed by atoms with van der Waals surface area (Å²) in [5.41, 5.74) is 0.854. The van der Waals surface area contributed by atoms with Gasteiger partial charge >= 0.3 is 0 Å². The molecule has 0 aliphatic carbocycles. The van der Waals surface area contributed by atoms with Crippen molar-refractivity contribution in [2.75, 3.05) is 6.26 Å². The number of halogens is 1. The topological polar surface area (TPSA) is 34.9 Å². The Morgan fingerprint density at radius 1 is 1.47 bits per heavy atom. The van der Waals surface area contributed by atoms with E-state index in [0.29, 0.717) is 5.39 Å². The average Bonchev–Trinajstić information content (AvgIpc) is 2.33. The monoisotopic (exact) mass is 360 g/mol. The molecule has 0 saturated heterocycles. The fourth-order valence-electron chi connectivity index (χ4n) is 1.75. The first-order valence-electron chi connectivity index (χ1n) is 5.41. The van der Waals surface area contributed by atoms with Gasteiger partial charge in [0.1, 0.15) is 0 Å². The van der Waals surface area contributed by atoms with Crippen LogP contribution in [-0.4, -0.2) is 15.8 Å². The summed E-state index contributed by atoms with van der Waals surface area (Å²) in [5, 5.41) is 1.51. The third-order valence-corrected chi connectivity index (χ3v) is 3.86. The van der Waals surface area contributed by atoms with Gasteiger partial charge in [0.25, 0.3) is 5.56 Å². The molecule has 0 aliphatic rings. The maximum atomic E-state index is 12.4. The van der Waals surface area contributed by atoms with Crippen LogP contribution in [0.5, 0.6) is 0 Å². The molecule has 0 atom stereocenters. The normalized spacial score (nSPS) is 11.0. The third-order valence-electron chi connectivity index (χ3n) is 2.51. The fourth-order valence-corrected chi connectivity index (χ4v) is 2.82. The zero-order valence-electron chi connectivity index (χ0n) is 9.74. The molecule has 3 nitrogen and oxygen atoms in total. The van der Waals surface area contributed by atoms with Crippen LogP contribution in [0.3, 0.4) is 0 Å². The highest BCUT2D eigenvalue weighted by atomic mass is 127.